The molecule has 0 amide bonds. The summed E-state index contributed by atoms with van der Waals surface area (Å²) < 4.78 is 5.20. The monoisotopic (exact) mass is 162 g/mol. The molecule has 1 heterocycles. The van der Waals surface area contributed by atoms with Crippen LogP contribution in [0.3, 0.4) is 0 Å². The molecular weight excluding hydrogens is 152 g/mol. The first-order chi connectivity index (χ1) is 5.61. The fraction of sp³-hybridized carbons (Fsp3) is 0.556. The van der Waals surface area contributed by atoms with E-state index in [4.69, 9.17) is 15.3 Å². The molecule has 0 aromatic heterocycles. The van der Waals surface area contributed by atoms with Crippen molar-refractivity contribution in [2.24, 2.45) is 5.41 Å². The minimum absolute atomic E-state index is 0.152. The van der Waals surface area contributed by atoms with Gasteiger partial charge in [0, 0.05) is 5.41 Å². The van der Waals surface area contributed by atoms with Crippen LogP contribution in [0.15, 0.2) is 11.1 Å². The third-order valence-electron chi connectivity index (χ3n) is 2.05. The predicted molar refractivity (Wildman–Crippen MR) is 42.9 cm³/mol. The molecule has 1 aliphatic heterocycles. The average Bonchev–Trinajstić information content (AvgIpc) is 2.34. The molecule has 0 bridgehead atoms. The zero-order valence-corrected chi connectivity index (χ0v) is 7.22. The maximum Gasteiger partial charge on any atom is 0.131 e. The molecule has 0 aliphatic carbocycles. The minimum atomic E-state index is -0.152. The second-order valence-corrected chi connectivity index (χ2v) is 3.45. The van der Waals surface area contributed by atoms with Crippen molar-refractivity contribution in [1.29, 1.82) is 10.5 Å². The van der Waals surface area contributed by atoms with Gasteiger partial charge in [0.15, 0.2) is 0 Å². The lowest BCUT2D eigenvalue weighted by molar-refractivity contribution is 0.167. The molecule has 62 valence electrons. The molecule has 1 fully saturated rings. The van der Waals surface area contributed by atoms with Crippen LogP contribution in [-0.2, 0) is 4.74 Å². The van der Waals surface area contributed by atoms with Crippen LogP contribution in [0.2, 0.25) is 0 Å². The van der Waals surface area contributed by atoms with Gasteiger partial charge in [0.2, 0.25) is 0 Å². The van der Waals surface area contributed by atoms with E-state index in [2.05, 4.69) is 0 Å². The Balaban J connectivity index is 3.12. The fourth-order valence-electron chi connectivity index (χ4n) is 1.26. The third kappa shape index (κ3) is 1.32. The van der Waals surface area contributed by atoms with Gasteiger partial charge < -0.3 is 4.74 Å². The van der Waals surface area contributed by atoms with Crippen molar-refractivity contribution in [1.82, 2.24) is 0 Å². The highest BCUT2D eigenvalue weighted by molar-refractivity contribution is 5.43. The largest absolute Gasteiger partial charge is 0.376 e. The van der Waals surface area contributed by atoms with E-state index < -0.39 is 0 Å². The van der Waals surface area contributed by atoms with E-state index in [-0.39, 0.29) is 11.0 Å². The van der Waals surface area contributed by atoms with Crippen molar-refractivity contribution in [3.8, 4) is 12.1 Å². The van der Waals surface area contributed by atoms with Crippen molar-refractivity contribution < 1.29 is 4.74 Å². The highest BCUT2D eigenvalue weighted by atomic mass is 16.5. The number of hydrogen-bond donors (Lipinski definition) is 0. The summed E-state index contributed by atoms with van der Waals surface area (Å²) in [5.41, 5.74) is 0.880. The summed E-state index contributed by atoms with van der Waals surface area (Å²) in [7, 11) is 0. The van der Waals surface area contributed by atoms with Crippen LogP contribution in [0.5, 0.6) is 0 Å². The van der Waals surface area contributed by atoms with Crippen LogP contribution in [-0.4, -0.2) is 13.2 Å². The number of ether oxygens (including phenoxy) is 1. The second kappa shape index (κ2) is 2.97. The molecular formula is C9H10N2O. The van der Waals surface area contributed by atoms with E-state index in [1.807, 2.05) is 26.0 Å². The number of rotatable bonds is 0. The van der Waals surface area contributed by atoms with Crippen molar-refractivity contribution in [2.45, 2.75) is 13.8 Å². The first-order valence-corrected chi connectivity index (χ1v) is 3.73. The molecule has 1 saturated heterocycles. The van der Waals surface area contributed by atoms with Gasteiger partial charge >= 0.3 is 0 Å². The highest BCUT2D eigenvalue weighted by Crippen LogP contribution is 2.34. The normalized spacial score (nSPS) is 19.8. The molecule has 1 rings (SSSR count). The number of hydrogen-bond acceptors (Lipinski definition) is 3. The summed E-state index contributed by atoms with van der Waals surface area (Å²) in [5.74, 6) is 0. The van der Waals surface area contributed by atoms with Gasteiger partial charge in [0.1, 0.15) is 17.7 Å². The molecule has 0 aromatic carbocycles. The van der Waals surface area contributed by atoms with Crippen LogP contribution in [0.25, 0.3) is 0 Å². The average molecular weight is 162 g/mol. The first-order valence-electron chi connectivity index (χ1n) is 3.73. The molecule has 0 spiro atoms. The topological polar surface area (TPSA) is 56.8 Å². The lowest BCUT2D eigenvalue weighted by Gasteiger charge is -2.16. The molecule has 0 radical (unpaired) electrons. The highest BCUT2D eigenvalue weighted by Gasteiger charge is 2.32. The van der Waals surface area contributed by atoms with E-state index >= 15 is 0 Å². The predicted octanol–water partition coefficient (Wildman–Crippen LogP) is 1.39. The van der Waals surface area contributed by atoms with E-state index in [9.17, 15) is 0 Å². The van der Waals surface area contributed by atoms with Gasteiger partial charge in [-0.05, 0) is 5.57 Å². The first kappa shape index (κ1) is 8.77. The third-order valence-corrected chi connectivity index (χ3v) is 2.05. The van der Waals surface area contributed by atoms with Crippen molar-refractivity contribution in [2.75, 3.05) is 13.2 Å². The number of allylic oxidation sites excluding steroid dienone is 1. The minimum Gasteiger partial charge on any atom is -0.376 e. The van der Waals surface area contributed by atoms with Crippen molar-refractivity contribution >= 4 is 0 Å². The van der Waals surface area contributed by atoms with Gasteiger partial charge in [0.25, 0.3) is 0 Å². The zero-order chi connectivity index (χ0) is 9.19. The molecule has 3 heteroatoms. The number of nitrogens with zero attached hydrogens (tertiary/aromatic N) is 2. The van der Waals surface area contributed by atoms with Gasteiger partial charge in [-0.25, -0.2) is 0 Å². The van der Waals surface area contributed by atoms with Crippen LogP contribution < -0.4 is 0 Å². The maximum atomic E-state index is 8.63. The molecule has 0 saturated carbocycles. The quantitative estimate of drug-likeness (QED) is 0.506. The summed E-state index contributed by atoms with van der Waals surface area (Å²) >= 11 is 0. The van der Waals surface area contributed by atoms with Crippen LogP contribution in [0.4, 0.5) is 0 Å². The van der Waals surface area contributed by atoms with E-state index in [1.54, 1.807) is 0 Å². The fourth-order valence-corrected chi connectivity index (χ4v) is 1.26. The molecule has 12 heavy (non-hydrogen) atoms. The molecule has 0 unspecified atom stereocenters. The Labute approximate surface area is 71.9 Å². The van der Waals surface area contributed by atoms with Gasteiger partial charge in [-0.3, -0.25) is 0 Å². The summed E-state index contributed by atoms with van der Waals surface area (Å²) in [5, 5.41) is 17.3. The zero-order valence-electron chi connectivity index (χ0n) is 7.22. The van der Waals surface area contributed by atoms with E-state index in [0.717, 1.165) is 5.57 Å². The van der Waals surface area contributed by atoms with Crippen LogP contribution >= 0.6 is 0 Å². The van der Waals surface area contributed by atoms with E-state index in [1.165, 1.54) is 0 Å². The summed E-state index contributed by atoms with van der Waals surface area (Å²) in [6, 6.07) is 3.78. The van der Waals surface area contributed by atoms with Gasteiger partial charge in [0.05, 0.1) is 13.2 Å². The summed E-state index contributed by atoms with van der Waals surface area (Å²) in [6.07, 6.45) is 0. The van der Waals surface area contributed by atoms with Crippen molar-refractivity contribution in [3.63, 3.8) is 0 Å². The lowest BCUT2D eigenvalue weighted by Crippen LogP contribution is -2.14. The standard InChI is InChI=1S/C9H10N2O/c1-9(2)6-12-5-8(9)7(3-10)4-11/h5-6H2,1-2H3. The lowest BCUT2D eigenvalue weighted by atomic mass is 9.85. The number of nitriles is 2. The Morgan fingerprint density at radius 1 is 1.42 bits per heavy atom. The smallest absolute Gasteiger partial charge is 0.131 e. The van der Waals surface area contributed by atoms with Crippen molar-refractivity contribution in [3.05, 3.63) is 11.1 Å². The van der Waals surface area contributed by atoms with Gasteiger partial charge in [-0.2, -0.15) is 10.5 Å². The molecule has 1 aliphatic rings. The van der Waals surface area contributed by atoms with E-state index in [0.29, 0.717) is 13.2 Å². The maximum absolute atomic E-state index is 8.63. The Hall–Kier alpha value is -1.32. The second-order valence-electron chi connectivity index (χ2n) is 3.45. The Bertz CT molecular complexity index is 285. The van der Waals surface area contributed by atoms with Gasteiger partial charge in [-0.1, -0.05) is 13.8 Å². The molecule has 0 N–H and O–H groups in total. The molecule has 0 aromatic rings. The van der Waals surface area contributed by atoms with Gasteiger partial charge in [-0.15, -0.1) is 0 Å². The summed E-state index contributed by atoms with van der Waals surface area (Å²) in [6.45, 7) is 4.96. The Morgan fingerprint density at radius 3 is 2.33 bits per heavy atom. The summed E-state index contributed by atoms with van der Waals surface area (Å²) in [4.78, 5) is 0. The molecule has 3 nitrogen and oxygen atoms in total. The van der Waals surface area contributed by atoms with Crippen LogP contribution in [0.1, 0.15) is 13.8 Å². The SMILES string of the molecule is CC1(C)COCC1=C(C#N)C#N. The molecule has 0 atom stereocenters. The Morgan fingerprint density at radius 2 is 2.00 bits per heavy atom. The van der Waals surface area contributed by atoms with Crippen LogP contribution in [0, 0.1) is 28.1 Å². The Kier molecular flexibility index (Phi) is 2.17.